The number of esters is 2. The van der Waals surface area contributed by atoms with Crippen LogP contribution in [0.15, 0.2) is 24.3 Å². The number of aliphatic hydroxyl groups is 4. The Hall–Kier alpha value is -2.74. The average molecular weight is 1020 g/mol. The molecule has 0 saturated heterocycles. The van der Waals surface area contributed by atoms with E-state index >= 15 is 0 Å². The highest BCUT2D eigenvalue weighted by Gasteiger charge is 2.74. The molecule has 4 N–H and O–H groups in total. The molecule has 0 radical (unpaired) electrons. The summed E-state index contributed by atoms with van der Waals surface area (Å²) >= 11 is 0. The Morgan fingerprint density at radius 1 is 0.529 bits per heavy atom. The number of hydrogen-bond acceptors (Lipinski definition) is 12. The first-order chi connectivity index (χ1) is 29.7. The average Bonchev–Trinajstić information content (AvgIpc) is 3.08. The molecule has 0 bridgehead atoms. The van der Waals surface area contributed by atoms with Gasteiger partial charge in [0.1, 0.15) is 12.2 Å². The number of rotatable bonds is 20. The van der Waals surface area contributed by atoms with E-state index in [1.807, 2.05) is 0 Å². The molecule has 0 aliphatic heterocycles. The van der Waals surface area contributed by atoms with Gasteiger partial charge in [0.15, 0.2) is 0 Å². The van der Waals surface area contributed by atoms with Crippen molar-refractivity contribution >= 4 is 11.9 Å². The first kappa shape index (κ1) is 63.3. The summed E-state index contributed by atoms with van der Waals surface area (Å²) in [7, 11) is 0. The summed E-state index contributed by atoms with van der Waals surface area (Å²) in [6.07, 6.45) is -25.6. The lowest BCUT2D eigenvalue weighted by molar-refractivity contribution is -0.390. The summed E-state index contributed by atoms with van der Waals surface area (Å²) < 4.78 is 191. The fourth-order valence-electron chi connectivity index (χ4n) is 8.06. The van der Waals surface area contributed by atoms with Crippen LogP contribution < -0.4 is 0 Å². The van der Waals surface area contributed by atoms with Gasteiger partial charge in [0.25, 0.3) is 11.2 Å². The molecule has 5 atom stereocenters. The van der Waals surface area contributed by atoms with Gasteiger partial charge in [0.05, 0.1) is 65.4 Å². The van der Waals surface area contributed by atoms with Gasteiger partial charge in [0, 0.05) is 17.1 Å². The molecule has 0 aromatic carbocycles. The zero-order valence-corrected chi connectivity index (χ0v) is 40.8. The van der Waals surface area contributed by atoms with Crippen molar-refractivity contribution in [2.75, 3.05) is 26.4 Å². The molecule has 0 spiro atoms. The van der Waals surface area contributed by atoms with Crippen molar-refractivity contribution in [2.24, 2.45) is 17.3 Å². The number of carbonyl (C=O) groups is 2. The van der Waals surface area contributed by atoms with Gasteiger partial charge in [-0.3, -0.25) is 0 Å². The van der Waals surface area contributed by atoms with E-state index in [9.17, 15) is 82.7 Å². The summed E-state index contributed by atoms with van der Waals surface area (Å²) in [4.78, 5) is 24.3. The van der Waals surface area contributed by atoms with Crippen molar-refractivity contribution in [1.82, 2.24) is 0 Å². The van der Waals surface area contributed by atoms with Crippen molar-refractivity contribution < 1.29 is 111 Å². The maximum absolute atomic E-state index is 13.2. The van der Waals surface area contributed by atoms with Gasteiger partial charge in [-0.25, -0.2) is 9.59 Å². The molecular formula is C44H68F12O12. The van der Waals surface area contributed by atoms with Gasteiger partial charge in [-0.2, -0.15) is 52.7 Å². The zero-order chi connectivity index (χ0) is 54.3. The molecule has 2 aliphatic rings. The van der Waals surface area contributed by atoms with E-state index in [0.29, 0.717) is 0 Å². The zero-order valence-electron chi connectivity index (χ0n) is 40.8. The second-order valence-corrected chi connectivity index (χ2v) is 21.0. The predicted octanol–water partition coefficient (Wildman–Crippen LogP) is 8.80. The van der Waals surface area contributed by atoms with Gasteiger partial charge in [-0.15, -0.1) is 0 Å². The lowest BCUT2D eigenvalue weighted by Gasteiger charge is -2.63. The lowest BCUT2D eigenvalue weighted by atomic mass is 9.50. The highest BCUT2D eigenvalue weighted by atomic mass is 19.4. The maximum Gasteiger partial charge on any atom is 0.428 e. The smallest absolute Gasteiger partial charge is 0.428 e. The molecule has 68 heavy (non-hydrogen) atoms. The van der Waals surface area contributed by atoms with Crippen LogP contribution in [0, 0.1) is 17.3 Å². The van der Waals surface area contributed by atoms with E-state index in [-0.39, 0.29) is 43.6 Å². The summed E-state index contributed by atoms with van der Waals surface area (Å²) in [5.41, 5.74) is -20.0. The summed E-state index contributed by atoms with van der Waals surface area (Å²) in [6, 6.07) is 0. The van der Waals surface area contributed by atoms with Crippen LogP contribution in [0.3, 0.4) is 0 Å². The second-order valence-electron chi connectivity index (χ2n) is 21.0. The molecule has 2 aliphatic carbocycles. The Balaban J connectivity index is 0.000000680. The quantitative estimate of drug-likeness (QED) is 0.0520. The van der Waals surface area contributed by atoms with Crippen LogP contribution in [0.25, 0.3) is 0 Å². The van der Waals surface area contributed by atoms with Crippen LogP contribution in [0.1, 0.15) is 116 Å². The van der Waals surface area contributed by atoms with E-state index < -0.39 is 124 Å². The van der Waals surface area contributed by atoms with E-state index in [0.717, 1.165) is 0 Å². The third-order valence-corrected chi connectivity index (χ3v) is 12.5. The van der Waals surface area contributed by atoms with Crippen molar-refractivity contribution in [3.05, 3.63) is 24.3 Å². The Morgan fingerprint density at radius 2 is 0.853 bits per heavy atom. The molecule has 12 nitrogen and oxygen atoms in total. The molecular weight excluding hydrogens is 948 g/mol. The van der Waals surface area contributed by atoms with Gasteiger partial charge < -0.3 is 48.8 Å². The molecule has 2 fully saturated rings. The van der Waals surface area contributed by atoms with Crippen LogP contribution in [-0.4, -0.2) is 141 Å². The van der Waals surface area contributed by atoms with E-state index in [4.69, 9.17) is 28.4 Å². The molecule has 0 amide bonds. The van der Waals surface area contributed by atoms with E-state index in [1.54, 1.807) is 13.8 Å². The number of ether oxygens (including phenoxy) is 6. The van der Waals surface area contributed by atoms with Crippen molar-refractivity contribution in [2.45, 2.75) is 198 Å². The number of alkyl halides is 12. The van der Waals surface area contributed by atoms with Crippen molar-refractivity contribution in [3.63, 3.8) is 0 Å². The third kappa shape index (κ3) is 14.2. The lowest BCUT2D eigenvalue weighted by Crippen LogP contribution is -2.72. The van der Waals surface area contributed by atoms with Gasteiger partial charge in [-0.1, -0.05) is 13.2 Å². The Bertz CT molecular complexity index is 1740. The minimum absolute atomic E-state index is 0.0401. The Morgan fingerprint density at radius 3 is 1.18 bits per heavy atom. The monoisotopic (exact) mass is 1020 g/mol. The molecule has 2 rings (SSSR count). The SMILES string of the molecule is C=C(C)C(=O)OC1CC(C(C)(C)OCC(O)(C(F)(F)F)C(F)(F)F)C1C(C)(C)OCC(C)(C)O.C=C(C)C(=O)OC1CCC1(C(C)(C)OCC(C)(C)O)C(C)(C)OCC(O)(C(F)(F)F)C(F)(F)F. The van der Waals surface area contributed by atoms with Crippen molar-refractivity contribution in [1.29, 1.82) is 0 Å². The van der Waals surface area contributed by atoms with Crippen LogP contribution in [0.2, 0.25) is 0 Å². The fraction of sp³-hybridized carbons (Fsp3) is 0.864. The third-order valence-electron chi connectivity index (χ3n) is 12.5. The molecule has 0 aromatic rings. The summed E-state index contributed by atoms with van der Waals surface area (Å²) in [6.45, 7) is 22.4. The first-order valence-electron chi connectivity index (χ1n) is 21.2. The minimum atomic E-state index is -6.06. The maximum atomic E-state index is 13.2. The topological polar surface area (TPSA) is 170 Å². The molecule has 0 aromatic heterocycles. The van der Waals surface area contributed by atoms with Gasteiger partial charge >= 0.3 is 36.6 Å². The van der Waals surface area contributed by atoms with Crippen molar-refractivity contribution in [3.8, 4) is 0 Å². The van der Waals surface area contributed by atoms with Crippen LogP contribution in [-0.2, 0) is 38.0 Å². The molecule has 24 heteroatoms. The highest BCUT2D eigenvalue weighted by Crippen LogP contribution is 2.61. The van der Waals surface area contributed by atoms with Gasteiger partial charge in [-0.05, 0) is 122 Å². The molecule has 400 valence electrons. The Kier molecular flexibility index (Phi) is 19.0. The van der Waals surface area contributed by atoms with Crippen LogP contribution >= 0.6 is 0 Å². The number of carbonyl (C=O) groups excluding carboxylic acids is 2. The number of halogens is 12. The molecule has 2 saturated carbocycles. The predicted molar refractivity (Wildman–Crippen MR) is 219 cm³/mol. The van der Waals surface area contributed by atoms with E-state index in [1.165, 1.54) is 83.1 Å². The minimum Gasteiger partial charge on any atom is -0.459 e. The normalized spacial score (nSPS) is 22.9. The van der Waals surface area contributed by atoms with Crippen LogP contribution in [0.4, 0.5) is 52.7 Å². The molecule has 5 unspecified atom stereocenters. The number of hydrogen-bond donors (Lipinski definition) is 4. The Labute approximate surface area is 388 Å². The summed E-state index contributed by atoms with van der Waals surface area (Å²) in [5.74, 6) is -2.96. The van der Waals surface area contributed by atoms with Crippen LogP contribution in [0.5, 0.6) is 0 Å². The fourth-order valence-corrected chi connectivity index (χ4v) is 8.06. The largest absolute Gasteiger partial charge is 0.459 e. The summed E-state index contributed by atoms with van der Waals surface area (Å²) in [5, 5.41) is 39.1. The second kappa shape index (κ2) is 20.4. The standard InChI is InChI=1S/2C22H34F6O6/c1-12(2)16(29)34-14-9-13(15(14)19(7,8)32-10-17(3,4)30)18(5,6)33-11-20(31,21(23,24)25)22(26,27)28;1-13(2)15(29)34-14-9-10-19(14,17(5,6)32-11-16(3,4)30)18(7,8)33-12-20(31,21(23,24)25)22(26,27)28/h13-15,30-31H,1,9-11H2,2-8H3;14,30-31H,1,9-12H2,2-8H3. The first-order valence-corrected chi connectivity index (χ1v) is 21.2. The molecule has 0 heterocycles. The highest BCUT2D eigenvalue weighted by molar-refractivity contribution is 5.87. The van der Waals surface area contributed by atoms with Gasteiger partial charge in [0.2, 0.25) is 0 Å². The van der Waals surface area contributed by atoms with E-state index in [2.05, 4.69) is 13.2 Å².